The van der Waals surface area contributed by atoms with Crippen LogP contribution >= 0.6 is 0 Å². The van der Waals surface area contributed by atoms with Crippen molar-refractivity contribution in [1.82, 2.24) is 4.98 Å². The summed E-state index contributed by atoms with van der Waals surface area (Å²) in [7, 11) is 0. The third-order valence-corrected chi connectivity index (χ3v) is 1.60. The Balaban J connectivity index is 3.37. The highest BCUT2D eigenvalue weighted by atomic mass is 19.2. The minimum atomic E-state index is -1.47. The summed E-state index contributed by atoms with van der Waals surface area (Å²) in [6, 6.07) is 1.11. The molecule has 0 radical (unpaired) electrons. The van der Waals surface area contributed by atoms with E-state index in [4.69, 9.17) is 5.73 Å². The molecule has 0 bridgehead atoms. The van der Waals surface area contributed by atoms with Crippen LogP contribution in [0.3, 0.4) is 0 Å². The van der Waals surface area contributed by atoms with E-state index in [-0.39, 0.29) is 11.4 Å². The second-order valence-electron chi connectivity index (χ2n) is 3.26. The maximum absolute atomic E-state index is 13.0. The second-order valence-corrected chi connectivity index (χ2v) is 3.26. The van der Waals surface area contributed by atoms with Gasteiger partial charge in [-0.3, -0.25) is 0 Å². The van der Waals surface area contributed by atoms with Crippen LogP contribution < -0.4 is 5.73 Å². The summed E-state index contributed by atoms with van der Waals surface area (Å²) >= 11 is 0. The first-order valence-corrected chi connectivity index (χ1v) is 3.66. The molecule has 1 aromatic heterocycles. The number of hydrogen-bond acceptors (Lipinski definition) is 3. The standard InChI is InChI=1S/C8H10F2N2O/c1-8(2,13)4-3-5(11)12-7(10)6(4)9/h3,13H,1-2H3,(H2,11,12). The van der Waals surface area contributed by atoms with Gasteiger partial charge in [-0.05, 0) is 19.9 Å². The first-order chi connectivity index (χ1) is 5.82. The lowest BCUT2D eigenvalue weighted by Crippen LogP contribution is -2.19. The molecular formula is C8H10F2N2O. The monoisotopic (exact) mass is 188 g/mol. The molecule has 1 rings (SSSR count). The summed E-state index contributed by atoms with van der Waals surface area (Å²) in [5.41, 5.74) is 3.53. The quantitative estimate of drug-likeness (QED) is 0.650. The van der Waals surface area contributed by atoms with Crippen molar-refractivity contribution in [1.29, 1.82) is 0 Å². The molecule has 0 aliphatic heterocycles. The van der Waals surface area contributed by atoms with Gasteiger partial charge < -0.3 is 10.8 Å². The van der Waals surface area contributed by atoms with E-state index in [2.05, 4.69) is 4.98 Å². The highest BCUT2D eigenvalue weighted by Crippen LogP contribution is 2.24. The molecule has 3 N–H and O–H groups in total. The zero-order valence-electron chi connectivity index (χ0n) is 7.31. The molecule has 0 atom stereocenters. The predicted molar refractivity (Wildman–Crippen MR) is 43.8 cm³/mol. The maximum Gasteiger partial charge on any atom is 0.251 e. The molecule has 0 saturated heterocycles. The van der Waals surface area contributed by atoms with Gasteiger partial charge in [0.15, 0.2) is 5.82 Å². The molecule has 0 amide bonds. The molecule has 1 aromatic rings. The molecule has 0 fully saturated rings. The Bertz CT molecular complexity index is 334. The second kappa shape index (κ2) is 2.92. The van der Waals surface area contributed by atoms with Crippen LogP contribution in [0.25, 0.3) is 0 Å². The van der Waals surface area contributed by atoms with Crippen molar-refractivity contribution >= 4 is 5.82 Å². The number of hydrogen-bond donors (Lipinski definition) is 2. The zero-order valence-corrected chi connectivity index (χ0v) is 7.31. The van der Waals surface area contributed by atoms with Crippen molar-refractivity contribution in [2.75, 3.05) is 5.73 Å². The number of nitrogens with zero attached hydrogens (tertiary/aromatic N) is 1. The van der Waals surface area contributed by atoms with Crippen molar-refractivity contribution in [3.63, 3.8) is 0 Å². The van der Waals surface area contributed by atoms with Gasteiger partial charge in [-0.2, -0.15) is 4.39 Å². The molecule has 0 aromatic carbocycles. The molecule has 0 unspecified atom stereocenters. The number of aliphatic hydroxyl groups is 1. The average Bonchev–Trinajstić information content (AvgIpc) is 1.94. The smallest absolute Gasteiger partial charge is 0.251 e. The highest BCUT2D eigenvalue weighted by molar-refractivity contribution is 5.35. The summed E-state index contributed by atoms with van der Waals surface area (Å²) in [5.74, 6) is -2.62. The van der Waals surface area contributed by atoms with Gasteiger partial charge in [0.05, 0.1) is 5.60 Å². The maximum atomic E-state index is 13.0. The molecule has 13 heavy (non-hydrogen) atoms. The lowest BCUT2D eigenvalue weighted by atomic mass is 9.99. The van der Waals surface area contributed by atoms with Crippen molar-refractivity contribution in [2.45, 2.75) is 19.4 Å². The van der Waals surface area contributed by atoms with Gasteiger partial charge in [0.2, 0.25) is 0 Å². The van der Waals surface area contributed by atoms with E-state index in [9.17, 15) is 13.9 Å². The zero-order chi connectivity index (χ0) is 10.2. The van der Waals surface area contributed by atoms with E-state index >= 15 is 0 Å². The van der Waals surface area contributed by atoms with E-state index < -0.39 is 17.4 Å². The number of aromatic nitrogens is 1. The fourth-order valence-electron chi connectivity index (χ4n) is 0.962. The van der Waals surface area contributed by atoms with Crippen molar-refractivity contribution in [2.24, 2.45) is 0 Å². The summed E-state index contributed by atoms with van der Waals surface area (Å²) in [6.07, 6.45) is 0. The van der Waals surface area contributed by atoms with Gasteiger partial charge in [-0.25, -0.2) is 9.37 Å². The predicted octanol–water partition coefficient (Wildman–Crippen LogP) is 1.17. The van der Waals surface area contributed by atoms with Gasteiger partial charge >= 0.3 is 0 Å². The van der Waals surface area contributed by atoms with Crippen LogP contribution in [0.1, 0.15) is 19.4 Å². The molecule has 0 aliphatic carbocycles. The molecule has 0 aliphatic rings. The Morgan fingerprint density at radius 2 is 2.00 bits per heavy atom. The van der Waals surface area contributed by atoms with Crippen LogP contribution in [0.4, 0.5) is 14.6 Å². The molecule has 72 valence electrons. The van der Waals surface area contributed by atoms with Crippen molar-refractivity contribution in [3.8, 4) is 0 Å². The van der Waals surface area contributed by atoms with E-state index in [0.717, 1.165) is 6.07 Å². The summed E-state index contributed by atoms with van der Waals surface area (Å²) in [5, 5.41) is 9.43. The van der Waals surface area contributed by atoms with E-state index in [0.29, 0.717) is 0 Å². The third kappa shape index (κ3) is 1.92. The minimum Gasteiger partial charge on any atom is -0.386 e. The van der Waals surface area contributed by atoms with Crippen LogP contribution in [0.15, 0.2) is 6.07 Å². The van der Waals surface area contributed by atoms with Gasteiger partial charge in [-0.1, -0.05) is 0 Å². The number of nitrogen functional groups attached to an aromatic ring is 1. The van der Waals surface area contributed by atoms with Gasteiger partial charge in [-0.15, -0.1) is 0 Å². The van der Waals surface area contributed by atoms with Gasteiger partial charge in [0.1, 0.15) is 5.82 Å². The molecule has 1 heterocycles. The number of halogens is 2. The summed E-state index contributed by atoms with van der Waals surface area (Å²) < 4.78 is 25.7. The summed E-state index contributed by atoms with van der Waals surface area (Å²) in [4.78, 5) is 3.07. The van der Waals surface area contributed by atoms with Crippen LogP contribution in [-0.4, -0.2) is 10.1 Å². The highest BCUT2D eigenvalue weighted by Gasteiger charge is 2.24. The fourth-order valence-corrected chi connectivity index (χ4v) is 0.962. The molecule has 0 spiro atoms. The Kier molecular flexibility index (Phi) is 2.21. The SMILES string of the molecule is CC(C)(O)c1cc(N)nc(F)c1F. The molecule has 5 heteroatoms. The first kappa shape index (κ1) is 9.85. The van der Waals surface area contributed by atoms with E-state index in [1.54, 1.807) is 0 Å². The molecule has 0 saturated carbocycles. The van der Waals surface area contributed by atoms with Crippen LogP contribution in [0, 0.1) is 11.8 Å². The van der Waals surface area contributed by atoms with Crippen LogP contribution in [0.2, 0.25) is 0 Å². The number of rotatable bonds is 1. The third-order valence-electron chi connectivity index (χ3n) is 1.60. The van der Waals surface area contributed by atoms with Crippen LogP contribution in [0.5, 0.6) is 0 Å². The van der Waals surface area contributed by atoms with E-state index in [1.807, 2.05) is 0 Å². The van der Waals surface area contributed by atoms with Gasteiger partial charge in [0.25, 0.3) is 5.95 Å². The van der Waals surface area contributed by atoms with Crippen molar-refractivity contribution < 1.29 is 13.9 Å². The summed E-state index contributed by atoms with van der Waals surface area (Å²) in [6.45, 7) is 2.68. The Morgan fingerprint density at radius 3 is 2.46 bits per heavy atom. The number of anilines is 1. The largest absolute Gasteiger partial charge is 0.386 e. The minimum absolute atomic E-state index is 0.156. The number of pyridine rings is 1. The normalized spacial score (nSPS) is 11.8. The lowest BCUT2D eigenvalue weighted by Gasteiger charge is -2.18. The Labute approximate surface area is 74.2 Å². The Hall–Kier alpha value is -1.23. The molecular weight excluding hydrogens is 178 g/mol. The Morgan fingerprint density at radius 1 is 1.46 bits per heavy atom. The number of nitrogens with two attached hydrogens (primary N) is 1. The lowest BCUT2D eigenvalue weighted by molar-refractivity contribution is 0.0734. The molecule has 3 nitrogen and oxygen atoms in total. The van der Waals surface area contributed by atoms with Crippen LogP contribution in [-0.2, 0) is 5.60 Å². The van der Waals surface area contributed by atoms with Gasteiger partial charge in [0, 0.05) is 5.56 Å². The first-order valence-electron chi connectivity index (χ1n) is 3.66. The average molecular weight is 188 g/mol. The fraction of sp³-hybridized carbons (Fsp3) is 0.375. The topological polar surface area (TPSA) is 59.1 Å². The van der Waals surface area contributed by atoms with E-state index in [1.165, 1.54) is 13.8 Å². The van der Waals surface area contributed by atoms with Crippen molar-refractivity contribution in [3.05, 3.63) is 23.4 Å².